The predicted octanol–water partition coefficient (Wildman–Crippen LogP) is 3.14. The Kier molecular flexibility index (Phi) is 5.00. The molecule has 3 heteroatoms. The molecule has 0 aromatic carbocycles. The van der Waals surface area contributed by atoms with Gasteiger partial charge in [0.15, 0.2) is 0 Å². The lowest BCUT2D eigenvalue weighted by Gasteiger charge is -2.19. The summed E-state index contributed by atoms with van der Waals surface area (Å²) >= 11 is 0. The molecule has 0 amide bonds. The number of hydrogen-bond acceptors (Lipinski definition) is 3. The smallest absolute Gasteiger partial charge is 0.0564 e. The first-order chi connectivity index (χ1) is 8.78. The maximum Gasteiger partial charge on any atom is 0.0564 e. The summed E-state index contributed by atoms with van der Waals surface area (Å²) in [5.74, 6) is 0.885. The second-order valence-corrected chi connectivity index (χ2v) is 5.38. The molecule has 0 bridgehead atoms. The fourth-order valence-corrected chi connectivity index (χ4v) is 2.59. The third kappa shape index (κ3) is 3.98. The molecule has 1 N–H and O–H groups in total. The van der Waals surface area contributed by atoms with Crippen LogP contribution in [0.3, 0.4) is 0 Å². The highest BCUT2D eigenvalue weighted by Crippen LogP contribution is 2.18. The molecule has 0 aliphatic carbocycles. The second-order valence-electron chi connectivity index (χ2n) is 5.38. The van der Waals surface area contributed by atoms with Gasteiger partial charge < -0.3 is 5.32 Å². The van der Waals surface area contributed by atoms with E-state index in [1.807, 2.05) is 12.3 Å². The van der Waals surface area contributed by atoms with Gasteiger partial charge in [-0.3, -0.25) is 9.88 Å². The molecule has 1 aliphatic heterocycles. The Hall–Kier alpha value is -1.09. The topological polar surface area (TPSA) is 28.2 Å². The van der Waals surface area contributed by atoms with Crippen LogP contribution in [-0.4, -0.2) is 29.5 Å². The Morgan fingerprint density at radius 2 is 2.28 bits per heavy atom. The number of rotatable bonds is 4. The SMILES string of the molecule is CCNc1ccnc(CN2CCCC(C)CC2)c1. The van der Waals surface area contributed by atoms with E-state index in [1.165, 1.54) is 43.7 Å². The molecular weight excluding hydrogens is 222 g/mol. The van der Waals surface area contributed by atoms with E-state index in [0.717, 1.165) is 19.0 Å². The summed E-state index contributed by atoms with van der Waals surface area (Å²) < 4.78 is 0. The van der Waals surface area contributed by atoms with Gasteiger partial charge in [-0.05, 0) is 57.3 Å². The van der Waals surface area contributed by atoms with Crippen LogP contribution >= 0.6 is 0 Å². The minimum absolute atomic E-state index is 0.885. The summed E-state index contributed by atoms with van der Waals surface area (Å²) in [5, 5.41) is 3.35. The molecule has 1 saturated heterocycles. The maximum absolute atomic E-state index is 4.48. The summed E-state index contributed by atoms with van der Waals surface area (Å²) in [5.41, 5.74) is 2.37. The summed E-state index contributed by atoms with van der Waals surface area (Å²) in [6.07, 6.45) is 5.94. The van der Waals surface area contributed by atoms with E-state index in [-0.39, 0.29) is 0 Å². The normalized spacial score (nSPS) is 21.6. The van der Waals surface area contributed by atoms with E-state index < -0.39 is 0 Å². The van der Waals surface area contributed by atoms with E-state index in [9.17, 15) is 0 Å². The molecule has 18 heavy (non-hydrogen) atoms. The summed E-state index contributed by atoms with van der Waals surface area (Å²) in [6.45, 7) is 8.88. The lowest BCUT2D eigenvalue weighted by Crippen LogP contribution is -2.24. The van der Waals surface area contributed by atoms with E-state index in [2.05, 4.69) is 35.1 Å². The number of likely N-dealkylation sites (tertiary alicyclic amines) is 1. The number of nitrogens with zero attached hydrogens (tertiary/aromatic N) is 2. The van der Waals surface area contributed by atoms with Gasteiger partial charge in [-0.25, -0.2) is 0 Å². The second kappa shape index (κ2) is 6.74. The van der Waals surface area contributed by atoms with Crippen LogP contribution in [0.4, 0.5) is 5.69 Å². The number of anilines is 1. The van der Waals surface area contributed by atoms with Gasteiger partial charge in [-0.15, -0.1) is 0 Å². The van der Waals surface area contributed by atoms with Gasteiger partial charge in [0, 0.05) is 25.0 Å². The van der Waals surface area contributed by atoms with Crippen LogP contribution in [0.5, 0.6) is 0 Å². The van der Waals surface area contributed by atoms with Crippen LogP contribution < -0.4 is 5.32 Å². The van der Waals surface area contributed by atoms with Crippen molar-refractivity contribution in [3.05, 3.63) is 24.0 Å². The molecule has 0 radical (unpaired) electrons. The highest BCUT2D eigenvalue weighted by molar-refractivity contribution is 5.42. The average molecular weight is 247 g/mol. The number of aromatic nitrogens is 1. The van der Waals surface area contributed by atoms with Crippen molar-refractivity contribution in [1.82, 2.24) is 9.88 Å². The fraction of sp³-hybridized carbons (Fsp3) is 0.667. The van der Waals surface area contributed by atoms with Gasteiger partial charge >= 0.3 is 0 Å². The van der Waals surface area contributed by atoms with Crippen molar-refractivity contribution in [2.45, 2.75) is 39.7 Å². The van der Waals surface area contributed by atoms with Crippen LogP contribution in [0.25, 0.3) is 0 Å². The van der Waals surface area contributed by atoms with E-state index >= 15 is 0 Å². The minimum atomic E-state index is 0.885. The zero-order valence-corrected chi connectivity index (χ0v) is 11.7. The molecule has 1 aromatic rings. The zero-order chi connectivity index (χ0) is 12.8. The molecule has 1 atom stereocenters. The van der Waals surface area contributed by atoms with Crippen molar-refractivity contribution < 1.29 is 0 Å². The third-order valence-corrected chi connectivity index (χ3v) is 3.69. The lowest BCUT2D eigenvalue weighted by molar-refractivity contribution is 0.270. The molecule has 100 valence electrons. The first-order valence-electron chi connectivity index (χ1n) is 7.19. The van der Waals surface area contributed by atoms with Crippen LogP contribution in [0.2, 0.25) is 0 Å². The Bertz CT molecular complexity index is 365. The van der Waals surface area contributed by atoms with Crippen molar-refractivity contribution in [1.29, 1.82) is 0 Å². The fourth-order valence-electron chi connectivity index (χ4n) is 2.59. The van der Waals surface area contributed by atoms with Gasteiger partial charge in [-0.2, -0.15) is 0 Å². The zero-order valence-electron chi connectivity index (χ0n) is 11.7. The van der Waals surface area contributed by atoms with E-state index in [0.29, 0.717) is 0 Å². The summed E-state index contributed by atoms with van der Waals surface area (Å²) in [7, 11) is 0. The molecule has 3 nitrogen and oxygen atoms in total. The molecule has 0 spiro atoms. The van der Waals surface area contributed by atoms with Gasteiger partial charge in [-0.1, -0.05) is 6.92 Å². The van der Waals surface area contributed by atoms with E-state index in [1.54, 1.807) is 0 Å². The van der Waals surface area contributed by atoms with Crippen molar-refractivity contribution >= 4 is 5.69 Å². The minimum Gasteiger partial charge on any atom is -0.385 e. The Morgan fingerprint density at radius 1 is 1.39 bits per heavy atom. The lowest BCUT2D eigenvalue weighted by atomic mass is 10.0. The standard InChI is InChI=1S/C15H25N3/c1-3-16-14-6-8-17-15(11-14)12-18-9-4-5-13(2)7-10-18/h6,8,11,13H,3-5,7,9-10,12H2,1-2H3,(H,16,17). The molecule has 1 aromatic heterocycles. The molecular formula is C15H25N3. The molecule has 2 rings (SSSR count). The predicted molar refractivity (Wildman–Crippen MR) is 76.7 cm³/mol. The van der Waals surface area contributed by atoms with E-state index in [4.69, 9.17) is 0 Å². The van der Waals surface area contributed by atoms with Crippen LogP contribution in [-0.2, 0) is 6.54 Å². The van der Waals surface area contributed by atoms with Gasteiger partial charge in [0.2, 0.25) is 0 Å². The highest BCUT2D eigenvalue weighted by Gasteiger charge is 2.14. The number of pyridine rings is 1. The summed E-state index contributed by atoms with van der Waals surface area (Å²) in [4.78, 5) is 7.03. The van der Waals surface area contributed by atoms with Crippen molar-refractivity contribution in [2.75, 3.05) is 25.0 Å². The van der Waals surface area contributed by atoms with Gasteiger partial charge in [0.05, 0.1) is 5.69 Å². The average Bonchev–Trinajstić information content (AvgIpc) is 2.56. The Labute approximate surface area is 111 Å². The van der Waals surface area contributed by atoms with Crippen molar-refractivity contribution in [3.8, 4) is 0 Å². The van der Waals surface area contributed by atoms with Gasteiger partial charge in [0.25, 0.3) is 0 Å². The molecule has 1 unspecified atom stereocenters. The Balaban J connectivity index is 1.93. The molecule has 1 aliphatic rings. The summed E-state index contributed by atoms with van der Waals surface area (Å²) in [6, 6.07) is 4.22. The first kappa shape index (κ1) is 13.3. The molecule has 0 saturated carbocycles. The van der Waals surface area contributed by atoms with Crippen LogP contribution in [0.1, 0.15) is 38.8 Å². The van der Waals surface area contributed by atoms with Gasteiger partial charge in [0.1, 0.15) is 0 Å². The monoisotopic (exact) mass is 247 g/mol. The highest BCUT2D eigenvalue weighted by atomic mass is 15.1. The molecule has 2 heterocycles. The third-order valence-electron chi connectivity index (χ3n) is 3.69. The van der Waals surface area contributed by atoms with Crippen molar-refractivity contribution in [2.24, 2.45) is 5.92 Å². The maximum atomic E-state index is 4.48. The van der Waals surface area contributed by atoms with Crippen molar-refractivity contribution in [3.63, 3.8) is 0 Å². The quantitative estimate of drug-likeness (QED) is 0.886. The largest absolute Gasteiger partial charge is 0.385 e. The number of hydrogen-bond donors (Lipinski definition) is 1. The first-order valence-corrected chi connectivity index (χ1v) is 7.19. The van der Waals surface area contributed by atoms with Crippen LogP contribution in [0, 0.1) is 5.92 Å². The van der Waals surface area contributed by atoms with Crippen LogP contribution in [0.15, 0.2) is 18.3 Å². The Morgan fingerprint density at radius 3 is 3.11 bits per heavy atom. The molecule has 1 fully saturated rings. The number of nitrogens with one attached hydrogen (secondary N) is 1.